The monoisotopic (exact) mass is 411 g/mol. The highest BCUT2D eigenvalue weighted by Crippen LogP contribution is 2.16. The van der Waals surface area contributed by atoms with Gasteiger partial charge >= 0.3 is 0 Å². The highest BCUT2D eigenvalue weighted by molar-refractivity contribution is 5.99. The topological polar surface area (TPSA) is 106 Å². The van der Waals surface area contributed by atoms with E-state index in [1.54, 1.807) is 55.5 Å². The standard InChI is InChI=1S/C22H25N3O5/c1-2-20(26)23-17-9-5-15(6-10-17)21(27)24-25-22(28)16-7-11-18(12-8-16)30-14-19-4-3-13-29-19/h5-12,19H,2-4,13-14H2,1H3,(H,23,26)(H,24,27)(H,25,28). The number of anilines is 1. The van der Waals surface area contributed by atoms with E-state index >= 15 is 0 Å². The zero-order chi connectivity index (χ0) is 21.3. The van der Waals surface area contributed by atoms with Crippen molar-refractivity contribution >= 4 is 23.4 Å². The number of hydrogen-bond donors (Lipinski definition) is 3. The second kappa shape index (κ2) is 10.4. The molecule has 0 radical (unpaired) electrons. The third kappa shape index (κ3) is 6.05. The van der Waals surface area contributed by atoms with E-state index in [2.05, 4.69) is 16.2 Å². The van der Waals surface area contributed by atoms with E-state index in [0.29, 0.717) is 35.6 Å². The number of carbonyl (C=O) groups excluding carboxylic acids is 3. The summed E-state index contributed by atoms with van der Waals surface area (Å²) in [6.07, 6.45) is 2.55. The van der Waals surface area contributed by atoms with Crippen LogP contribution in [0.25, 0.3) is 0 Å². The van der Waals surface area contributed by atoms with E-state index in [0.717, 1.165) is 19.4 Å². The lowest BCUT2D eigenvalue weighted by Gasteiger charge is -2.12. The summed E-state index contributed by atoms with van der Waals surface area (Å²) in [5.74, 6) is -0.363. The molecule has 1 saturated heterocycles. The van der Waals surface area contributed by atoms with Crippen molar-refractivity contribution in [3.63, 3.8) is 0 Å². The third-order valence-electron chi connectivity index (χ3n) is 4.62. The first kappa shape index (κ1) is 21.3. The molecule has 3 amide bonds. The number of amides is 3. The molecule has 3 rings (SSSR count). The number of rotatable bonds is 7. The highest BCUT2D eigenvalue weighted by Gasteiger charge is 2.16. The number of hydrogen-bond acceptors (Lipinski definition) is 5. The van der Waals surface area contributed by atoms with Crippen LogP contribution in [0.5, 0.6) is 5.75 Å². The Kier molecular flexibility index (Phi) is 7.40. The molecule has 8 nitrogen and oxygen atoms in total. The molecule has 8 heteroatoms. The largest absolute Gasteiger partial charge is 0.491 e. The Labute approximate surface area is 174 Å². The van der Waals surface area contributed by atoms with Gasteiger partial charge in [-0.05, 0) is 61.4 Å². The number of nitrogens with one attached hydrogen (secondary N) is 3. The summed E-state index contributed by atoms with van der Waals surface area (Å²) in [6.45, 7) is 3.02. The molecule has 1 unspecified atom stereocenters. The third-order valence-corrected chi connectivity index (χ3v) is 4.62. The Morgan fingerprint density at radius 1 is 0.967 bits per heavy atom. The van der Waals surface area contributed by atoms with Crippen molar-refractivity contribution in [2.45, 2.75) is 32.3 Å². The molecule has 2 aromatic rings. The summed E-state index contributed by atoms with van der Waals surface area (Å²) in [6, 6.07) is 13.0. The molecule has 1 atom stereocenters. The second-order valence-electron chi connectivity index (χ2n) is 6.86. The van der Waals surface area contributed by atoms with Crippen LogP contribution in [0.3, 0.4) is 0 Å². The maximum absolute atomic E-state index is 12.2. The summed E-state index contributed by atoms with van der Waals surface area (Å²) in [5, 5.41) is 2.70. The number of benzene rings is 2. The molecule has 158 valence electrons. The smallest absolute Gasteiger partial charge is 0.269 e. The lowest BCUT2D eigenvalue weighted by atomic mass is 10.2. The average molecular weight is 411 g/mol. The van der Waals surface area contributed by atoms with E-state index in [9.17, 15) is 14.4 Å². The van der Waals surface area contributed by atoms with Crippen molar-refractivity contribution in [3.05, 3.63) is 59.7 Å². The predicted octanol–water partition coefficient (Wildman–Crippen LogP) is 2.67. The van der Waals surface area contributed by atoms with Crippen molar-refractivity contribution in [1.82, 2.24) is 10.9 Å². The van der Waals surface area contributed by atoms with Crippen molar-refractivity contribution < 1.29 is 23.9 Å². The summed E-state index contributed by atoms with van der Waals surface area (Å²) in [7, 11) is 0. The molecule has 1 fully saturated rings. The Morgan fingerprint density at radius 2 is 1.57 bits per heavy atom. The van der Waals surface area contributed by atoms with Crippen LogP contribution in [0.4, 0.5) is 5.69 Å². The van der Waals surface area contributed by atoms with Crippen LogP contribution in [0.2, 0.25) is 0 Å². The molecule has 0 aromatic heterocycles. The molecule has 3 N–H and O–H groups in total. The Hall–Kier alpha value is -3.39. The zero-order valence-electron chi connectivity index (χ0n) is 16.8. The molecule has 2 aromatic carbocycles. The van der Waals surface area contributed by atoms with Crippen molar-refractivity contribution in [2.24, 2.45) is 0 Å². The molecule has 1 heterocycles. The van der Waals surface area contributed by atoms with Gasteiger partial charge in [0.05, 0.1) is 6.10 Å². The SMILES string of the molecule is CCC(=O)Nc1ccc(C(=O)NNC(=O)c2ccc(OCC3CCCO3)cc2)cc1. The molecule has 0 spiro atoms. The number of ether oxygens (including phenoxy) is 2. The molecule has 0 bridgehead atoms. The van der Waals surface area contributed by atoms with Crippen LogP contribution in [0, 0.1) is 0 Å². The van der Waals surface area contributed by atoms with E-state index in [1.807, 2.05) is 0 Å². The first-order valence-electron chi connectivity index (χ1n) is 9.90. The zero-order valence-corrected chi connectivity index (χ0v) is 16.8. The van der Waals surface area contributed by atoms with Gasteiger partial charge in [-0.3, -0.25) is 25.2 Å². The first-order chi connectivity index (χ1) is 14.5. The molecule has 0 saturated carbocycles. The fourth-order valence-corrected chi connectivity index (χ4v) is 2.88. The van der Waals surface area contributed by atoms with E-state index < -0.39 is 11.8 Å². The Balaban J connectivity index is 1.46. The van der Waals surface area contributed by atoms with Gasteiger partial charge in [0.15, 0.2) is 0 Å². The summed E-state index contributed by atoms with van der Waals surface area (Å²) >= 11 is 0. The van der Waals surface area contributed by atoms with Gasteiger partial charge in [0.1, 0.15) is 12.4 Å². The van der Waals surface area contributed by atoms with Gasteiger partial charge in [0.25, 0.3) is 11.8 Å². The lowest BCUT2D eigenvalue weighted by Crippen LogP contribution is -2.41. The van der Waals surface area contributed by atoms with Gasteiger partial charge in [-0.1, -0.05) is 6.92 Å². The minimum absolute atomic E-state index is 0.109. The summed E-state index contributed by atoms with van der Waals surface area (Å²) < 4.78 is 11.2. The number of hydrazine groups is 1. The molecule has 1 aliphatic heterocycles. The van der Waals surface area contributed by atoms with Crippen LogP contribution in [-0.2, 0) is 9.53 Å². The minimum Gasteiger partial charge on any atom is -0.491 e. The minimum atomic E-state index is -0.465. The molecular formula is C22H25N3O5. The van der Waals surface area contributed by atoms with Crippen LogP contribution < -0.4 is 20.9 Å². The van der Waals surface area contributed by atoms with Gasteiger partial charge in [-0.25, -0.2) is 0 Å². The van der Waals surface area contributed by atoms with E-state index in [-0.39, 0.29) is 12.0 Å². The quantitative estimate of drug-likeness (QED) is 0.608. The van der Waals surface area contributed by atoms with E-state index in [1.165, 1.54) is 0 Å². The van der Waals surface area contributed by atoms with Crippen LogP contribution in [0.1, 0.15) is 46.9 Å². The maximum Gasteiger partial charge on any atom is 0.269 e. The first-order valence-corrected chi connectivity index (χ1v) is 9.90. The molecule has 1 aliphatic rings. The molecular weight excluding hydrogens is 386 g/mol. The van der Waals surface area contributed by atoms with Crippen LogP contribution >= 0.6 is 0 Å². The fourth-order valence-electron chi connectivity index (χ4n) is 2.88. The second-order valence-corrected chi connectivity index (χ2v) is 6.86. The van der Waals surface area contributed by atoms with Gasteiger partial charge in [-0.2, -0.15) is 0 Å². The van der Waals surface area contributed by atoms with Gasteiger partial charge in [0.2, 0.25) is 5.91 Å². The van der Waals surface area contributed by atoms with E-state index in [4.69, 9.17) is 9.47 Å². The average Bonchev–Trinajstić information content (AvgIpc) is 3.30. The van der Waals surface area contributed by atoms with Gasteiger partial charge < -0.3 is 14.8 Å². The number of carbonyl (C=O) groups is 3. The van der Waals surface area contributed by atoms with Crippen LogP contribution in [0.15, 0.2) is 48.5 Å². The van der Waals surface area contributed by atoms with Gasteiger partial charge in [0, 0.05) is 29.8 Å². The highest BCUT2D eigenvalue weighted by atomic mass is 16.5. The van der Waals surface area contributed by atoms with Crippen molar-refractivity contribution in [3.8, 4) is 5.75 Å². The normalized spacial score (nSPS) is 15.3. The predicted molar refractivity (Wildman–Crippen MR) is 111 cm³/mol. The van der Waals surface area contributed by atoms with Crippen LogP contribution in [-0.4, -0.2) is 37.0 Å². The molecule has 30 heavy (non-hydrogen) atoms. The Morgan fingerprint density at radius 3 is 2.10 bits per heavy atom. The molecule has 0 aliphatic carbocycles. The van der Waals surface area contributed by atoms with Crippen molar-refractivity contribution in [1.29, 1.82) is 0 Å². The Bertz CT molecular complexity index is 875. The lowest BCUT2D eigenvalue weighted by molar-refractivity contribution is -0.115. The summed E-state index contributed by atoms with van der Waals surface area (Å²) in [4.78, 5) is 35.8. The fraction of sp³-hybridized carbons (Fsp3) is 0.318. The maximum atomic E-state index is 12.2. The summed E-state index contributed by atoms with van der Waals surface area (Å²) in [5.41, 5.74) is 6.09. The van der Waals surface area contributed by atoms with Crippen molar-refractivity contribution in [2.75, 3.05) is 18.5 Å². The van der Waals surface area contributed by atoms with Gasteiger partial charge in [-0.15, -0.1) is 0 Å².